The molecule has 0 aliphatic carbocycles. The summed E-state index contributed by atoms with van der Waals surface area (Å²) in [4.78, 5) is 25.6. The molecule has 6 heteroatoms. The van der Waals surface area contributed by atoms with Crippen molar-refractivity contribution in [1.29, 1.82) is 0 Å². The normalized spacial score (nSPS) is 14.8. The van der Waals surface area contributed by atoms with Crippen LogP contribution in [-0.4, -0.2) is 34.5 Å². The summed E-state index contributed by atoms with van der Waals surface area (Å²) in [7, 11) is 0. The molecule has 1 aliphatic rings. The quantitative estimate of drug-likeness (QED) is 0.724. The first-order valence-electron chi connectivity index (χ1n) is 8.26. The van der Waals surface area contributed by atoms with E-state index in [2.05, 4.69) is 37.3 Å². The summed E-state index contributed by atoms with van der Waals surface area (Å²) < 4.78 is 0. The summed E-state index contributed by atoms with van der Waals surface area (Å²) >= 11 is 0. The largest absolute Gasteiger partial charge is 0.355 e. The van der Waals surface area contributed by atoms with Crippen LogP contribution in [-0.2, 0) is 4.79 Å². The van der Waals surface area contributed by atoms with E-state index in [-0.39, 0.29) is 0 Å². The van der Waals surface area contributed by atoms with Crippen molar-refractivity contribution in [3.05, 3.63) is 36.4 Å². The number of carbonyl (C=O) groups is 1. The second kappa shape index (κ2) is 6.31. The van der Waals surface area contributed by atoms with Crippen molar-refractivity contribution in [3.8, 4) is 11.3 Å². The molecular formula is C18H19N5O. The maximum absolute atomic E-state index is 10.8. The van der Waals surface area contributed by atoms with Crippen molar-refractivity contribution in [2.45, 2.75) is 19.3 Å². The Morgan fingerprint density at radius 2 is 1.88 bits per heavy atom. The summed E-state index contributed by atoms with van der Waals surface area (Å²) in [6, 6.07) is 12.1. The summed E-state index contributed by atoms with van der Waals surface area (Å²) in [5.74, 6) is 1.21. The van der Waals surface area contributed by atoms with E-state index in [0.29, 0.717) is 12.4 Å². The number of rotatable bonds is 4. The number of piperidine rings is 1. The Balaban J connectivity index is 1.85. The molecule has 1 amide bonds. The third-order valence-corrected chi connectivity index (χ3v) is 4.39. The van der Waals surface area contributed by atoms with Gasteiger partial charge in [-0.1, -0.05) is 30.3 Å². The molecule has 6 nitrogen and oxygen atoms in total. The molecule has 0 radical (unpaired) electrons. The topological polar surface area (TPSA) is 73.9 Å². The number of aromatic amines is 1. The molecule has 0 atom stereocenters. The molecule has 1 fully saturated rings. The van der Waals surface area contributed by atoms with Gasteiger partial charge in [0.15, 0.2) is 5.82 Å². The average Bonchev–Trinajstić information content (AvgIpc) is 3.07. The second-order valence-electron chi connectivity index (χ2n) is 5.99. The highest BCUT2D eigenvalue weighted by Gasteiger charge is 2.19. The predicted molar refractivity (Wildman–Crippen MR) is 95.1 cm³/mol. The third-order valence-electron chi connectivity index (χ3n) is 4.39. The van der Waals surface area contributed by atoms with Crippen molar-refractivity contribution in [3.63, 3.8) is 0 Å². The SMILES string of the molecule is O=CNc1nc(N2CCCCC2)c2[nH]c(-c3ccccc3)cc2n1. The summed E-state index contributed by atoms with van der Waals surface area (Å²) in [5, 5.41) is 2.58. The van der Waals surface area contributed by atoms with Crippen molar-refractivity contribution in [1.82, 2.24) is 15.0 Å². The Labute approximate surface area is 139 Å². The third kappa shape index (κ3) is 2.71. The fraction of sp³-hybridized carbons (Fsp3) is 0.278. The summed E-state index contributed by atoms with van der Waals surface area (Å²) in [6.07, 6.45) is 4.19. The van der Waals surface area contributed by atoms with Gasteiger partial charge < -0.3 is 9.88 Å². The minimum Gasteiger partial charge on any atom is -0.355 e. The van der Waals surface area contributed by atoms with Crippen LogP contribution in [0.2, 0.25) is 0 Å². The lowest BCUT2D eigenvalue weighted by molar-refractivity contribution is -0.105. The Hall–Kier alpha value is -2.89. The average molecular weight is 321 g/mol. The zero-order valence-electron chi connectivity index (χ0n) is 13.3. The number of hydrogen-bond donors (Lipinski definition) is 2. The molecule has 1 aliphatic heterocycles. The van der Waals surface area contributed by atoms with Crippen molar-refractivity contribution in [2.75, 3.05) is 23.3 Å². The molecule has 2 N–H and O–H groups in total. The maximum Gasteiger partial charge on any atom is 0.231 e. The first kappa shape index (κ1) is 14.7. The van der Waals surface area contributed by atoms with Crippen molar-refractivity contribution in [2.24, 2.45) is 0 Å². The van der Waals surface area contributed by atoms with E-state index in [9.17, 15) is 4.79 Å². The van der Waals surface area contributed by atoms with Gasteiger partial charge in [0.05, 0.1) is 5.52 Å². The number of benzene rings is 1. The fourth-order valence-electron chi connectivity index (χ4n) is 3.22. The van der Waals surface area contributed by atoms with E-state index < -0.39 is 0 Å². The molecule has 1 saturated heterocycles. The Morgan fingerprint density at radius 3 is 2.62 bits per heavy atom. The monoisotopic (exact) mass is 321 g/mol. The minimum atomic E-state index is 0.344. The van der Waals surface area contributed by atoms with Crippen molar-refractivity contribution < 1.29 is 4.79 Å². The van der Waals surface area contributed by atoms with Crippen LogP contribution in [0, 0.1) is 0 Å². The molecule has 4 rings (SSSR count). The van der Waals surface area contributed by atoms with Gasteiger partial charge in [0.1, 0.15) is 5.52 Å². The Morgan fingerprint density at radius 1 is 1.08 bits per heavy atom. The van der Waals surface area contributed by atoms with E-state index in [1.807, 2.05) is 24.3 Å². The standard InChI is InChI=1S/C18H19N5O/c24-12-19-18-21-15-11-14(13-7-3-1-4-8-13)20-16(15)17(22-18)23-9-5-2-6-10-23/h1,3-4,7-8,11-12,20H,2,5-6,9-10H2,(H,19,21,22,24). The van der Waals surface area contributed by atoms with Gasteiger partial charge >= 0.3 is 0 Å². The molecule has 2 aromatic heterocycles. The molecule has 0 unspecified atom stereocenters. The number of nitrogens with zero attached hydrogens (tertiary/aromatic N) is 3. The zero-order valence-corrected chi connectivity index (χ0v) is 13.3. The zero-order chi connectivity index (χ0) is 16.4. The number of H-pyrrole nitrogens is 1. The fourth-order valence-corrected chi connectivity index (χ4v) is 3.22. The number of hydrogen-bond acceptors (Lipinski definition) is 4. The van der Waals surface area contributed by atoms with E-state index >= 15 is 0 Å². The molecule has 24 heavy (non-hydrogen) atoms. The van der Waals surface area contributed by atoms with Crippen LogP contribution in [0.1, 0.15) is 19.3 Å². The van der Waals surface area contributed by atoms with Crippen LogP contribution in [0.4, 0.5) is 11.8 Å². The highest BCUT2D eigenvalue weighted by atomic mass is 16.1. The predicted octanol–water partition coefficient (Wildman–Crippen LogP) is 3.18. The summed E-state index contributed by atoms with van der Waals surface area (Å²) in [6.45, 7) is 1.96. The molecule has 3 heterocycles. The van der Waals surface area contributed by atoms with Gasteiger partial charge in [-0.25, -0.2) is 4.98 Å². The van der Waals surface area contributed by atoms with Gasteiger partial charge in [0.25, 0.3) is 0 Å². The number of amides is 1. The first-order chi connectivity index (χ1) is 11.8. The van der Waals surface area contributed by atoms with Gasteiger partial charge in [-0.2, -0.15) is 4.98 Å². The van der Waals surface area contributed by atoms with Gasteiger partial charge in [0, 0.05) is 18.8 Å². The lowest BCUT2D eigenvalue weighted by atomic mass is 10.1. The highest BCUT2D eigenvalue weighted by molar-refractivity contribution is 5.92. The lowest BCUT2D eigenvalue weighted by Gasteiger charge is -2.28. The van der Waals surface area contributed by atoms with Crippen LogP contribution in [0.15, 0.2) is 36.4 Å². The number of carbonyl (C=O) groups excluding carboxylic acids is 1. The molecule has 122 valence electrons. The van der Waals surface area contributed by atoms with Crippen LogP contribution < -0.4 is 10.2 Å². The number of anilines is 2. The van der Waals surface area contributed by atoms with E-state index in [0.717, 1.165) is 54.0 Å². The van der Waals surface area contributed by atoms with E-state index in [4.69, 9.17) is 0 Å². The van der Waals surface area contributed by atoms with Gasteiger partial charge in [0.2, 0.25) is 12.4 Å². The number of aromatic nitrogens is 3. The van der Waals surface area contributed by atoms with Crippen LogP contribution in [0.5, 0.6) is 0 Å². The van der Waals surface area contributed by atoms with Gasteiger partial charge in [-0.15, -0.1) is 0 Å². The Kier molecular flexibility index (Phi) is 3.86. The van der Waals surface area contributed by atoms with E-state index in [1.54, 1.807) is 0 Å². The van der Waals surface area contributed by atoms with Crippen LogP contribution >= 0.6 is 0 Å². The highest BCUT2D eigenvalue weighted by Crippen LogP contribution is 2.30. The lowest BCUT2D eigenvalue weighted by Crippen LogP contribution is -2.30. The molecular weight excluding hydrogens is 302 g/mol. The second-order valence-corrected chi connectivity index (χ2v) is 5.99. The number of fused-ring (bicyclic) bond motifs is 1. The maximum atomic E-state index is 10.8. The molecule has 3 aromatic rings. The van der Waals surface area contributed by atoms with Crippen LogP contribution in [0.3, 0.4) is 0 Å². The van der Waals surface area contributed by atoms with Crippen molar-refractivity contribution >= 4 is 29.2 Å². The summed E-state index contributed by atoms with van der Waals surface area (Å²) in [5.41, 5.74) is 3.84. The number of nitrogens with one attached hydrogen (secondary N) is 2. The van der Waals surface area contributed by atoms with Gasteiger partial charge in [-0.3, -0.25) is 10.1 Å². The minimum absolute atomic E-state index is 0.344. The Bertz CT molecular complexity index is 852. The molecule has 0 bridgehead atoms. The smallest absolute Gasteiger partial charge is 0.231 e. The van der Waals surface area contributed by atoms with E-state index in [1.165, 1.54) is 6.42 Å². The molecule has 1 aromatic carbocycles. The van der Waals surface area contributed by atoms with Crippen LogP contribution in [0.25, 0.3) is 22.3 Å². The first-order valence-corrected chi connectivity index (χ1v) is 8.26. The van der Waals surface area contributed by atoms with Gasteiger partial charge in [-0.05, 0) is 30.9 Å². The molecule has 0 saturated carbocycles. The molecule has 0 spiro atoms.